The number of rotatable bonds is 18. The molecule has 0 radical (unpaired) electrons. The standard InChI is InChI=1S/2C9H21ClO3Si/c2*1-4-11-14(12-5-2,13-6-3)9-7-8-10/h2*4-9H2,1-3H3. The van der Waals surface area contributed by atoms with Crippen molar-refractivity contribution in [2.75, 3.05) is 51.4 Å². The van der Waals surface area contributed by atoms with Crippen LogP contribution in [0.3, 0.4) is 0 Å². The molecule has 0 aromatic heterocycles. The van der Waals surface area contributed by atoms with Crippen molar-refractivity contribution >= 4 is 40.8 Å². The lowest BCUT2D eigenvalue weighted by molar-refractivity contribution is 0.0704. The van der Waals surface area contributed by atoms with Crippen molar-refractivity contribution in [1.29, 1.82) is 0 Å². The molecule has 0 aliphatic carbocycles. The van der Waals surface area contributed by atoms with Crippen LogP contribution in [0.25, 0.3) is 0 Å². The first-order valence-electron chi connectivity index (χ1n) is 10.4. The highest BCUT2D eigenvalue weighted by Gasteiger charge is 2.40. The first kappa shape index (κ1) is 31.0. The Morgan fingerprint density at radius 2 is 0.679 bits per heavy atom. The van der Waals surface area contributed by atoms with E-state index in [-0.39, 0.29) is 0 Å². The predicted octanol–water partition coefficient (Wildman–Crippen LogP) is 5.33. The van der Waals surface area contributed by atoms with Gasteiger partial charge in [-0.25, -0.2) is 0 Å². The second-order valence-electron chi connectivity index (χ2n) is 5.55. The van der Waals surface area contributed by atoms with Crippen molar-refractivity contribution in [2.45, 2.75) is 66.5 Å². The van der Waals surface area contributed by atoms with Gasteiger partial charge in [0.1, 0.15) is 0 Å². The average molecular weight is 482 g/mol. The van der Waals surface area contributed by atoms with Gasteiger partial charge in [0.15, 0.2) is 0 Å². The van der Waals surface area contributed by atoms with Crippen LogP contribution < -0.4 is 0 Å². The molecule has 0 aliphatic heterocycles. The molecule has 0 bridgehead atoms. The van der Waals surface area contributed by atoms with Crippen LogP contribution >= 0.6 is 23.2 Å². The zero-order valence-electron chi connectivity index (χ0n) is 18.7. The van der Waals surface area contributed by atoms with Crippen molar-refractivity contribution in [3.63, 3.8) is 0 Å². The van der Waals surface area contributed by atoms with Gasteiger partial charge in [0.2, 0.25) is 0 Å². The monoisotopic (exact) mass is 480 g/mol. The summed E-state index contributed by atoms with van der Waals surface area (Å²) in [5.41, 5.74) is 0. The summed E-state index contributed by atoms with van der Waals surface area (Å²) >= 11 is 11.3. The van der Waals surface area contributed by atoms with E-state index in [4.69, 9.17) is 49.8 Å². The fourth-order valence-corrected chi connectivity index (χ4v) is 8.51. The Hall–Kier alpha value is 0.774. The Morgan fingerprint density at radius 1 is 0.464 bits per heavy atom. The molecule has 0 saturated carbocycles. The summed E-state index contributed by atoms with van der Waals surface area (Å²) in [6.45, 7) is 15.6. The van der Waals surface area contributed by atoms with Crippen LogP contribution in [0.1, 0.15) is 54.4 Å². The zero-order valence-corrected chi connectivity index (χ0v) is 22.2. The van der Waals surface area contributed by atoms with Crippen LogP contribution in [-0.2, 0) is 26.6 Å². The quantitative estimate of drug-likeness (QED) is 0.195. The van der Waals surface area contributed by atoms with Crippen LogP contribution in [0.15, 0.2) is 0 Å². The molecular formula is C18H42Cl2O6Si2. The van der Waals surface area contributed by atoms with Gasteiger partial charge in [-0.2, -0.15) is 0 Å². The fraction of sp³-hybridized carbons (Fsp3) is 1.00. The molecule has 6 nitrogen and oxygen atoms in total. The molecule has 0 fully saturated rings. The Bertz CT molecular complexity index is 266. The maximum Gasteiger partial charge on any atom is 0.500 e. The fourth-order valence-electron chi connectivity index (χ4n) is 2.57. The third-order valence-corrected chi connectivity index (χ3v) is 10.3. The van der Waals surface area contributed by atoms with E-state index in [1.165, 1.54) is 0 Å². The summed E-state index contributed by atoms with van der Waals surface area (Å²) in [5, 5.41) is 0. The molecule has 172 valence electrons. The van der Waals surface area contributed by atoms with Gasteiger partial charge >= 0.3 is 17.6 Å². The molecule has 0 saturated heterocycles. The highest BCUT2D eigenvalue weighted by atomic mass is 35.5. The van der Waals surface area contributed by atoms with E-state index in [9.17, 15) is 0 Å². The third-order valence-electron chi connectivity index (χ3n) is 3.42. The van der Waals surface area contributed by atoms with Gasteiger partial charge < -0.3 is 26.6 Å². The topological polar surface area (TPSA) is 55.4 Å². The zero-order chi connectivity index (χ0) is 21.7. The van der Waals surface area contributed by atoms with Gasteiger partial charge in [0.25, 0.3) is 0 Å². The largest absolute Gasteiger partial charge is 0.500 e. The minimum atomic E-state index is -2.40. The molecule has 0 aromatic carbocycles. The molecule has 0 unspecified atom stereocenters. The van der Waals surface area contributed by atoms with E-state index in [0.29, 0.717) is 51.4 Å². The van der Waals surface area contributed by atoms with Gasteiger partial charge in [0.05, 0.1) is 0 Å². The summed E-state index contributed by atoms with van der Waals surface area (Å²) in [6.07, 6.45) is 1.77. The second-order valence-corrected chi connectivity index (χ2v) is 11.8. The highest BCUT2D eigenvalue weighted by Crippen LogP contribution is 2.19. The van der Waals surface area contributed by atoms with Gasteiger partial charge in [-0.1, -0.05) is 0 Å². The van der Waals surface area contributed by atoms with Crippen molar-refractivity contribution in [3.05, 3.63) is 0 Å². The maximum absolute atomic E-state index is 5.66. The summed E-state index contributed by atoms with van der Waals surface area (Å²) in [7, 11) is -4.80. The lowest BCUT2D eigenvalue weighted by Gasteiger charge is -2.28. The van der Waals surface area contributed by atoms with Crippen molar-refractivity contribution in [2.24, 2.45) is 0 Å². The van der Waals surface area contributed by atoms with Crippen LogP contribution in [-0.4, -0.2) is 69.0 Å². The minimum Gasteiger partial charge on any atom is -0.374 e. The SMILES string of the molecule is CCO[Si](CCCCl)(OCC)OCC.CCO[Si](CCCCl)(OCC)OCC. The van der Waals surface area contributed by atoms with Crippen LogP contribution in [0.4, 0.5) is 0 Å². The molecule has 0 N–H and O–H groups in total. The lowest BCUT2D eigenvalue weighted by atomic mass is 10.6. The Labute approximate surface area is 185 Å². The van der Waals surface area contributed by atoms with Crippen LogP contribution in [0.5, 0.6) is 0 Å². The molecule has 0 amide bonds. The first-order chi connectivity index (χ1) is 13.5. The summed E-state index contributed by atoms with van der Waals surface area (Å²) in [4.78, 5) is 0. The highest BCUT2D eigenvalue weighted by molar-refractivity contribution is 6.61. The Balaban J connectivity index is 0. The van der Waals surface area contributed by atoms with Gasteiger partial charge in [0, 0.05) is 63.5 Å². The van der Waals surface area contributed by atoms with Gasteiger partial charge in [-0.05, 0) is 54.4 Å². The Kier molecular flexibility index (Phi) is 23.2. The normalized spacial score (nSPS) is 12.0. The number of alkyl halides is 2. The average Bonchev–Trinajstić information content (AvgIpc) is 2.67. The minimum absolute atomic E-state index is 0.627. The Morgan fingerprint density at radius 3 is 0.821 bits per heavy atom. The van der Waals surface area contributed by atoms with Crippen molar-refractivity contribution < 1.29 is 26.6 Å². The van der Waals surface area contributed by atoms with Crippen molar-refractivity contribution in [1.82, 2.24) is 0 Å². The smallest absolute Gasteiger partial charge is 0.374 e. The number of hydrogen-bond acceptors (Lipinski definition) is 6. The third kappa shape index (κ3) is 14.7. The van der Waals surface area contributed by atoms with E-state index >= 15 is 0 Å². The van der Waals surface area contributed by atoms with E-state index in [2.05, 4.69) is 0 Å². The number of hydrogen-bond donors (Lipinski definition) is 0. The molecule has 28 heavy (non-hydrogen) atoms. The summed E-state index contributed by atoms with van der Waals surface area (Å²) < 4.78 is 33.9. The molecule has 0 atom stereocenters. The molecule has 0 spiro atoms. The van der Waals surface area contributed by atoms with Gasteiger partial charge in [-0.3, -0.25) is 0 Å². The van der Waals surface area contributed by atoms with Crippen molar-refractivity contribution in [3.8, 4) is 0 Å². The molecular weight excluding hydrogens is 439 g/mol. The molecule has 0 aliphatic rings. The first-order valence-corrected chi connectivity index (χ1v) is 15.4. The van der Waals surface area contributed by atoms with E-state index in [0.717, 1.165) is 24.9 Å². The van der Waals surface area contributed by atoms with E-state index in [1.807, 2.05) is 41.5 Å². The molecule has 0 aromatic rings. The lowest BCUT2D eigenvalue weighted by Crippen LogP contribution is -2.46. The van der Waals surface area contributed by atoms with E-state index < -0.39 is 17.6 Å². The predicted molar refractivity (Wildman–Crippen MR) is 122 cm³/mol. The molecule has 0 rings (SSSR count). The molecule has 10 heteroatoms. The number of halogens is 2. The van der Waals surface area contributed by atoms with Gasteiger partial charge in [-0.15, -0.1) is 23.2 Å². The second kappa shape index (κ2) is 21.0. The van der Waals surface area contributed by atoms with Crippen LogP contribution in [0.2, 0.25) is 12.1 Å². The summed E-state index contributed by atoms with van der Waals surface area (Å²) in [5.74, 6) is 1.25. The molecule has 0 heterocycles. The summed E-state index contributed by atoms with van der Waals surface area (Å²) in [6, 6.07) is 1.62. The van der Waals surface area contributed by atoms with E-state index in [1.54, 1.807) is 0 Å². The van der Waals surface area contributed by atoms with Crippen LogP contribution in [0, 0.1) is 0 Å². The maximum atomic E-state index is 5.66.